The van der Waals surface area contributed by atoms with Gasteiger partial charge in [-0.25, -0.2) is 8.78 Å². The highest BCUT2D eigenvalue weighted by Gasteiger charge is 2.28. The van der Waals surface area contributed by atoms with E-state index in [1.807, 2.05) is 19.9 Å². The van der Waals surface area contributed by atoms with E-state index in [0.29, 0.717) is 23.9 Å². The minimum atomic E-state index is -0.787. The van der Waals surface area contributed by atoms with Gasteiger partial charge in [0.1, 0.15) is 12.0 Å². The zero-order valence-corrected chi connectivity index (χ0v) is 24.4. The Balaban J connectivity index is 0.000000630. The van der Waals surface area contributed by atoms with Crippen LogP contribution in [0.2, 0.25) is 0 Å². The molecule has 0 bridgehead atoms. The number of benzene rings is 2. The first-order chi connectivity index (χ1) is 17.0. The first kappa shape index (κ1) is 33.6. The topological polar surface area (TPSA) is 50.1 Å². The maximum atomic E-state index is 13.3. The van der Waals surface area contributed by atoms with Gasteiger partial charge in [-0.05, 0) is 84.7 Å². The Morgan fingerprint density at radius 1 is 1.08 bits per heavy atom. The molecule has 1 saturated carbocycles. The highest BCUT2D eigenvalue weighted by atomic mass is 19.1. The summed E-state index contributed by atoms with van der Waals surface area (Å²) >= 11 is 0. The summed E-state index contributed by atoms with van der Waals surface area (Å²) in [5.41, 5.74) is 11.0. The summed E-state index contributed by atoms with van der Waals surface area (Å²) in [6, 6.07) is 9.65. The average molecular weight is 504 g/mol. The molecular formula is C31H51F2N3. The predicted molar refractivity (Wildman–Crippen MR) is 157 cm³/mol. The molecule has 2 aromatic rings. The minimum absolute atomic E-state index is 0.00705. The second kappa shape index (κ2) is 16.4. The van der Waals surface area contributed by atoms with Gasteiger partial charge >= 0.3 is 0 Å². The number of hydrogen-bond donors (Lipinski definition) is 3. The fourth-order valence-electron chi connectivity index (χ4n) is 3.82. The van der Waals surface area contributed by atoms with Crippen LogP contribution in [0.4, 0.5) is 20.2 Å². The average Bonchev–Trinajstić information content (AvgIpc) is 3.67. The number of hydrogen-bond acceptors (Lipinski definition) is 3. The van der Waals surface area contributed by atoms with E-state index in [1.54, 1.807) is 32.3 Å². The van der Waals surface area contributed by atoms with Crippen molar-refractivity contribution >= 4 is 11.4 Å². The summed E-state index contributed by atoms with van der Waals surface area (Å²) < 4.78 is 26.6. The summed E-state index contributed by atoms with van der Waals surface area (Å²) in [5.74, 6) is 0.888. The third kappa shape index (κ3) is 10.7. The molecule has 0 saturated heterocycles. The Bertz CT molecular complexity index is 888. The molecule has 0 radical (unpaired) electrons. The fourth-order valence-corrected chi connectivity index (χ4v) is 3.82. The molecule has 3 rings (SSSR count). The molecule has 0 heterocycles. The van der Waals surface area contributed by atoms with Crippen molar-refractivity contribution < 1.29 is 8.78 Å². The zero-order chi connectivity index (χ0) is 28.1. The van der Waals surface area contributed by atoms with E-state index in [0.717, 1.165) is 11.1 Å². The molecule has 2 aromatic carbocycles. The molecule has 1 unspecified atom stereocenters. The van der Waals surface area contributed by atoms with E-state index in [2.05, 4.69) is 69.7 Å². The highest BCUT2D eigenvalue weighted by molar-refractivity contribution is 5.63. The number of nitrogens with two attached hydrogens (primary N) is 1. The fraction of sp³-hybridized carbons (Fsp3) is 0.548. The second-order valence-electron chi connectivity index (χ2n) is 10.1. The molecule has 1 aliphatic rings. The molecule has 4 N–H and O–H groups in total. The van der Waals surface area contributed by atoms with Crippen molar-refractivity contribution in [2.75, 3.05) is 24.7 Å². The third-order valence-electron chi connectivity index (χ3n) is 5.77. The molecular weight excluding hydrogens is 452 g/mol. The van der Waals surface area contributed by atoms with E-state index >= 15 is 0 Å². The lowest BCUT2D eigenvalue weighted by Crippen LogP contribution is -2.11. The smallest absolute Gasteiger partial charge is 0.146 e. The lowest BCUT2D eigenvalue weighted by molar-refractivity contribution is 0.360. The van der Waals surface area contributed by atoms with Gasteiger partial charge in [-0.15, -0.1) is 0 Å². The zero-order valence-electron chi connectivity index (χ0n) is 24.4. The Kier molecular flexibility index (Phi) is 15.3. The van der Waals surface area contributed by atoms with Gasteiger partial charge in [0.2, 0.25) is 0 Å². The lowest BCUT2D eigenvalue weighted by atomic mass is 9.87. The van der Waals surface area contributed by atoms with Gasteiger partial charge in [0.15, 0.2) is 0 Å². The first-order valence-electron chi connectivity index (χ1n) is 13.2. The normalized spacial score (nSPS) is 13.2. The number of halogens is 2. The van der Waals surface area contributed by atoms with Crippen molar-refractivity contribution in [3.63, 3.8) is 0 Å². The Morgan fingerprint density at radius 2 is 1.67 bits per heavy atom. The van der Waals surface area contributed by atoms with E-state index in [-0.39, 0.29) is 11.2 Å². The molecule has 204 valence electrons. The third-order valence-corrected chi connectivity index (χ3v) is 5.77. The standard InChI is InChI=1S/C17H24FN.C11H16FN.C2H6.CH5N/c1-5-19-17-15(11(2)3)9-13(8-12(4)18)10-16(17)14-6-7-14;1-11(2,3)8-5-6-10(13-4)9(12)7-8;2*1-2/h5,9-12,14,19H,1,6-8H2,2-4H3;5-7,13H,1-4H3;1-2H3;2H2,1H3. The van der Waals surface area contributed by atoms with Gasteiger partial charge in [0.25, 0.3) is 0 Å². The maximum absolute atomic E-state index is 13.3. The first-order valence-corrected chi connectivity index (χ1v) is 13.2. The molecule has 1 aliphatic carbocycles. The molecule has 3 nitrogen and oxygen atoms in total. The number of rotatable bonds is 7. The van der Waals surface area contributed by atoms with E-state index in [1.165, 1.54) is 36.7 Å². The highest BCUT2D eigenvalue weighted by Crippen LogP contribution is 2.46. The van der Waals surface area contributed by atoms with Crippen LogP contribution in [0.15, 0.2) is 43.1 Å². The van der Waals surface area contributed by atoms with Gasteiger partial charge in [0, 0.05) is 19.2 Å². The Labute approximate surface area is 220 Å². The van der Waals surface area contributed by atoms with E-state index < -0.39 is 6.17 Å². The van der Waals surface area contributed by atoms with Crippen molar-refractivity contribution in [2.45, 2.75) is 98.1 Å². The molecule has 36 heavy (non-hydrogen) atoms. The van der Waals surface area contributed by atoms with Gasteiger partial charge in [0.05, 0.1) is 5.69 Å². The van der Waals surface area contributed by atoms with Crippen LogP contribution < -0.4 is 16.4 Å². The molecule has 0 aromatic heterocycles. The van der Waals surface area contributed by atoms with Crippen LogP contribution in [-0.2, 0) is 11.8 Å². The van der Waals surface area contributed by atoms with Crippen LogP contribution >= 0.6 is 0 Å². The van der Waals surface area contributed by atoms with Crippen LogP contribution in [0.3, 0.4) is 0 Å². The predicted octanol–water partition coefficient (Wildman–Crippen LogP) is 8.91. The van der Waals surface area contributed by atoms with Crippen LogP contribution in [0.5, 0.6) is 0 Å². The summed E-state index contributed by atoms with van der Waals surface area (Å²) in [6.07, 6.45) is 3.96. The van der Waals surface area contributed by atoms with E-state index in [4.69, 9.17) is 0 Å². The molecule has 1 atom stereocenters. The van der Waals surface area contributed by atoms with Crippen LogP contribution in [0.1, 0.15) is 102 Å². The van der Waals surface area contributed by atoms with Crippen molar-refractivity contribution in [2.24, 2.45) is 5.73 Å². The molecule has 1 fully saturated rings. The molecule has 0 aliphatic heterocycles. The monoisotopic (exact) mass is 503 g/mol. The maximum Gasteiger partial charge on any atom is 0.146 e. The van der Waals surface area contributed by atoms with Gasteiger partial charge < -0.3 is 16.4 Å². The molecule has 5 heteroatoms. The largest absolute Gasteiger partial charge is 0.386 e. The summed E-state index contributed by atoms with van der Waals surface area (Å²) in [6.45, 7) is 20.0. The van der Waals surface area contributed by atoms with Crippen molar-refractivity contribution in [1.29, 1.82) is 0 Å². The number of nitrogens with one attached hydrogen (secondary N) is 2. The van der Waals surface area contributed by atoms with Gasteiger partial charge in [-0.1, -0.05) is 73.2 Å². The van der Waals surface area contributed by atoms with Crippen molar-refractivity contribution in [1.82, 2.24) is 0 Å². The van der Waals surface area contributed by atoms with Crippen LogP contribution in [0, 0.1) is 5.82 Å². The second-order valence-corrected chi connectivity index (χ2v) is 10.1. The summed E-state index contributed by atoms with van der Waals surface area (Å²) in [5, 5.41) is 6.10. The van der Waals surface area contributed by atoms with Crippen LogP contribution in [0.25, 0.3) is 0 Å². The minimum Gasteiger partial charge on any atom is -0.386 e. The SMILES string of the molecule is C=CNc1c(C(C)C)cc(CC(C)F)cc1C1CC1.CC.CN.CNc1ccc(C(C)(C)C)cc1F. The molecule has 0 amide bonds. The van der Waals surface area contributed by atoms with E-state index in [9.17, 15) is 8.78 Å². The quantitative estimate of drug-likeness (QED) is 0.353. The van der Waals surface area contributed by atoms with Crippen molar-refractivity contribution in [3.05, 3.63) is 71.2 Å². The summed E-state index contributed by atoms with van der Waals surface area (Å²) in [4.78, 5) is 0. The number of alkyl halides is 1. The van der Waals surface area contributed by atoms with Gasteiger partial charge in [-0.2, -0.15) is 0 Å². The van der Waals surface area contributed by atoms with Crippen LogP contribution in [-0.4, -0.2) is 20.3 Å². The van der Waals surface area contributed by atoms with Gasteiger partial charge in [-0.3, -0.25) is 0 Å². The summed E-state index contributed by atoms with van der Waals surface area (Å²) in [7, 11) is 3.22. The Hall–Kier alpha value is -2.40. The lowest BCUT2D eigenvalue weighted by Gasteiger charge is -2.19. The Morgan fingerprint density at radius 3 is 2.06 bits per heavy atom. The molecule has 0 spiro atoms. The number of anilines is 2. The van der Waals surface area contributed by atoms with Crippen molar-refractivity contribution in [3.8, 4) is 0 Å².